The van der Waals surface area contributed by atoms with Gasteiger partial charge in [0.1, 0.15) is 4.88 Å². The fourth-order valence-corrected chi connectivity index (χ4v) is 5.82. The maximum absolute atomic E-state index is 14.1. The number of nitrogens with two attached hydrogens (primary N) is 2. The standard InChI is InChI=1S/C24H27N5O5S2/c1-33-15-10-9-14(12-16(15)34-2)29(24(32)21-18(25)19(22(26)30)28-36-21)20(17-8-5-11-35-17)23(31)27-13-6-3-4-7-13/h5,8-13,20H,3-4,6-7,25H2,1-2H3,(H2,26,30)(H,27,31). The molecule has 1 atom stereocenters. The van der Waals surface area contributed by atoms with Gasteiger partial charge in [0.25, 0.3) is 11.8 Å². The van der Waals surface area contributed by atoms with Crippen LogP contribution in [0, 0.1) is 0 Å². The van der Waals surface area contributed by atoms with E-state index in [0.29, 0.717) is 22.1 Å². The van der Waals surface area contributed by atoms with Crippen LogP contribution >= 0.6 is 22.9 Å². The molecule has 3 amide bonds. The number of aromatic nitrogens is 1. The zero-order valence-electron chi connectivity index (χ0n) is 19.9. The molecule has 0 spiro atoms. The van der Waals surface area contributed by atoms with Gasteiger partial charge >= 0.3 is 0 Å². The molecule has 3 aromatic rings. The second-order valence-electron chi connectivity index (χ2n) is 8.26. The molecule has 0 bridgehead atoms. The van der Waals surface area contributed by atoms with Crippen LogP contribution in [-0.2, 0) is 4.79 Å². The van der Waals surface area contributed by atoms with Gasteiger partial charge < -0.3 is 26.3 Å². The SMILES string of the molecule is COc1ccc(N(C(=O)c2snc(C(N)=O)c2N)C(C(=O)NC2CCCC2)c2cccs2)cc1OC. The number of primary amides is 1. The topological polar surface area (TPSA) is 150 Å². The molecule has 2 heterocycles. The average molecular weight is 530 g/mol. The van der Waals surface area contributed by atoms with Crippen molar-refractivity contribution >= 4 is 52.0 Å². The lowest BCUT2D eigenvalue weighted by molar-refractivity contribution is -0.123. The largest absolute Gasteiger partial charge is 0.493 e. The third-order valence-electron chi connectivity index (χ3n) is 6.04. The molecule has 36 heavy (non-hydrogen) atoms. The minimum Gasteiger partial charge on any atom is -0.493 e. The van der Waals surface area contributed by atoms with Crippen molar-refractivity contribution in [3.8, 4) is 11.5 Å². The Morgan fingerprint density at radius 3 is 2.44 bits per heavy atom. The second-order valence-corrected chi connectivity index (χ2v) is 10.0. The number of amides is 3. The van der Waals surface area contributed by atoms with Gasteiger partial charge in [0.2, 0.25) is 5.91 Å². The fraction of sp³-hybridized carbons (Fsp3) is 0.333. The maximum atomic E-state index is 14.1. The molecule has 1 saturated carbocycles. The van der Waals surface area contributed by atoms with Crippen LogP contribution < -0.4 is 31.2 Å². The van der Waals surface area contributed by atoms with E-state index in [1.807, 2.05) is 11.4 Å². The Morgan fingerprint density at radius 2 is 1.86 bits per heavy atom. The normalized spacial score (nSPS) is 14.3. The number of nitrogens with one attached hydrogen (secondary N) is 1. The Labute approximate surface area is 216 Å². The molecule has 1 unspecified atom stereocenters. The van der Waals surface area contributed by atoms with Crippen molar-refractivity contribution in [2.45, 2.75) is 37.8 Å². The molecule has 0 radical (unpaired) electrons. The van der Waals surface area contributed by atoms with Crippen molar-refractivity contribution in [2.24, 2.45) is 5.73 Å². The second kappa shape index (κ2) is 11.0. The minimum atomic E-state index is -1.00. The summed E-state index contributed by atoms with van der Waals surface area (Å²) in [6.07, 6.45) is 3.86. The van der Waals surface area contributed by atoms with Crippen LogP contribution in [0.15, 0.2) is 35.7 Å². The summed E-state index contributed by atoms with van der Waals surface area (Å²) in [7, 11) is 2.99. The third kappa shape index (κ3) is 5.00. The number of hydrogen-bond acceptors (Lipinski definition) is 9. The lowest BCUT2D eigenvalue weighted by Gasteiger charge is -2.31. The number of hydrogen-bond donors (Lipinski definition) is 3. The number of nitrogens with zero attached hydrogens (tertiary/aromatic N) is 2. The van der Waals surface area contributed by atoms with Gasteiger partial charge in [0.05, 0.1) is 19.9 Å². The predicted molar refractivity (Wildman–Crippen MR) is 139 cm³/mol. The Kier molecular flexibility index (Phi) is 7.75. The van der Waals surface area contributed by atoms with Crippen LogP contribution in [0.2, 0.25) is 0 Å². The smallest absolute Gasteiger partial charge is 0.273 e. The average Bonchev–Trinajstić information content (AvgIpc) is 3.64. The van der Waals surface area contributed by atoms with Crippen molar-refractivity contribution in [1.82, 2.24) is 9.69 Å². The Morgan fingerprint density at radius 1 is 1.14 bits per heavy atom. The highest BCUT2D eigenvalue weighted by Crippen LogP contribution is 2.39. The molecule has 0 aliphatic heterocycles. The van der Waals surface area contributed by atoms with Crippen molar-refractivity contribution in [3.63, 3.8) is 0 Å². The zero-order valence-corrected chi connectivity index (χ0v) is 21.5. The summed E-state index contributed by atoms with van der Waals surface area (Å²) in [4.78, 5) is 41.6. The number of anilines is 2. The molecule has 4 rings (SSSR count). The number of carbonyl (C=O) groups is 3. The zero-order chi connectivity index (χ0) is 25.8. The number of ether oxygens (including phenoxy) is 2. The van der Waals surface area contributed by atoms with Crippen molar-refractivity contribution in [3.05, 3.63) is 51.2 Å². The van der Waals surface area contributed by atoms with Crippen molar-refractivity contribution < 1.29 is 23.9 Å². The van der Waals surface area contributed by atoms with Gasteiger partial charge in [-0.15, -0.1) is 11.3 Å². The molecule has 5 N–H and O–H groups in total. The molecule has 1 aliphatic rings. The predicted octanol–water partition coefficient (Wildman–Crippen LogP) is 3.35. The molecule has 190 valence electrons. The number of carbonyl (C=O) groups excluding carboxylic acids is 3. The lowest BCUT2D eigenvalue weighted by Crippen LogP contribution is -2.46. The van der Waals surface area contributed by atoms with E-state index in [1.165, 1.54) is 30.5 Å². The molecule has 1 aromatic carbocycles. The van der Waals surface area contributed by atoms with E-state index in [-0.39, 0.29) is 28.2 Å². The molecule has 1 fully saturated rings. The quantitative estimate of drug-likeness (QED) is 0.385. The summed E-state index contributed by atoms with van der Waals surface area (Å²) < 4.78 is 14.8. The molecular weight excluding hydrogens is 502 g/mol. The monoisotopic (exact) mass is 529 g/mol. The molecule has 0 saturated heterocycles. The van der Waals surface area contributed by atoms with E-state index in [1.54, 1.807) is 24.3 Å². The molecular formula is C24H27N5O5S2. The third-order valence-corrected chi connectivity index (χ3v) is 7.82. The van der Waals surface area contributed by atoms with Gasteiger partial charge in [-0.05, 0) is 48.0 Å². The van der Waals surface area contributed by atoms with Crippen molar-refractivity contribution in [2.75, 3.05) is 24.9 Å². The van der Waals surface area contributed by atoms with E-state index >= 15 is 0 Å². The summed E-state index contributed by atoms with van der Waals surface area (Å²) in [5.74, 6) is -0.904. The number of benzene rings is 1. The Bertz CT molecular complexity index is 1250. The fourth-order valence-electron chi connectivity index (χ4n) is 4.27. The highest BCUT2D eigenvalue weighted by atomic mass is 32.1. The molecule has 1 aliphatic carbocycles. The number of rotatable bonds is 9. The molecule has 2 aromatic heterocycles. The van der Waals surface area contributed by atoms with Crippen LogP contribution in [-0.4, -0.2) is 42.4 Å². The highest BCUT2D eigenvalue weighted by Gasteiger charge is 2.38. The van der Waals surface area contributed by atoms with Gasteiger partial charge in [-0.1, -0.05) is 18.9 Å². The highest BCUT2D eigenvalue weighted by molar-refractivity contribution is 7.10. The molecule has 10 nitrogen and oxygen atoms in total. The number of nitrogen functional groups attached to an aromatic ring is 1. The van der Waals surface area contributed by atoms with E-state index in [2.05, 4.69) is 9.69 Å². The van der Waals surface area contributed by atoms with Gasteiger partial charge in [-0.3, -0.25) is 19.3 Å². The van der Waals surface area contributed by atoms with Crippen LogP contribution in [0.4, 0.5) is 11.4 Å². The van der Waals surface area contributed by atoms with E-state index in [9.17, 15) is 14.4 Å². The van der Waals surface area contributed by atoms with Gasteiger partial charge in [0, 0.05) is 22.7 Å². The first-order valence-corrected chi connectivity index (χ1v) is 12.9. The van der Waals surface area contributed by atoms with Crippen LogP contribution in [0.3, 0.4) is 0 Å². The summed E-state index contributed by atoms with van der Waals surface area (Å²) in [5.41, 5.74) is 11.6. The maximum Gasteiger partial charge on any atom is 0.273 e. The van der Waals surface area contributed by atoms with Crippen LogP contribution in [0.5, 0.6) is 11.5 Å². The summed E-state index contributed by atoms with van der Waals surface area (Å²) in [5, 5.41) is 4.96. The van der Waals surface area contributed by atoms with Crippen molar-refractivity contribution in [1.29, 1.82) is 0 Å². The van der Waals surface area contributed by atoms with E-state index in [4.69, 9.17) is 20.9 Å². The van der Waals surface area contributed by atoms with Crippen LogP contribution in [0.25, 0.3) is 0 Å². The van der Waals surface area contributed by atoms with Gasteiger partial charge in [0.15, 0.2) is 23.2 Å². The minimum absolute atomic E-state index is 0.00815. The summed E-state index contributed by atoms with van der Waals surface area (Å²) in [6.45, 7) is 0. The molecule has 12 heteroatoms. The van der Waals surface area contributed by atoms with Crippen LogP contribution in [0.1, 0.15) is 56.8 Å². The van der Waals surface area contributed by atoms with E-state index < -0.39 is 17.9 Å². The summed E-state index contributed by atoms with van der Waals surface area (Å²) >= 11 is 2.12. The first-order chi connectivity index (χ1) is 17.3. The Hall–Kier alpha value is -3.64. The number of methoxy groups -OCH3 is 2. The Balaban J connectivity index is 1.85. The first-order valence-electron chi connectivity index (χ1n) is 11.3. The van der Waals surface area contributed by atoms with Gasteiger partial charge in [-0.2, -0.15) is 4.37 Å². The van der Waals surface area contributed by atoms with Gasteiger partial charge in [-0.25, -0.2) is 0 Å². The summed E-state index contributed by atoms with van der Waals surface area (Å²) in [6, 6.07) is 7.59. The lowest BCUT2D eigenvalue weighted by atomic mass is 10.1. The van der Waals surface area contributed by atoms with E-state index in [0.717, 1.165) is 37.2 Å². The first kappa shape index (κ1) is 25.5. The number of thiophene rings is 1.